The van der Waals surface area contributed by atoms with Crippen LogP contribution in [0.25, 0.3) is 0 Å². The van der Waals surface area contributed by atoms with Crippen molar-refractivity contribution in [1.29, 1.82) is 0 Å². The van der Waals surface area contributed by atoms with Crippen LogP contribution >= 0.6 is 12.4 Å². The molecule has 0 aromatic heterocycles. The molecule has 2 amide bonds. The highest BCUT2D eigenvalue weighted by Crippen LogP contribution is 2.36. The Morgan fingerprint density at radius 1 is 1.00 bits per heavy atom. The predicted octanol–water partition coefficient (Wildman–Crippen LogP) is 5.31. The SMILES string of the molecule is CCCCN1C(=O)[C@@H]([C@H](O)C2CCCCC2)NC(=O)C12CCN(Cc1ccc(Oc3cccc(OC)c3)cc1)CC2.Cl. The first-order valence-electron chi connectivity index (χ1n) is 15.4. The smallest absolute Gasteiger partial charge is 0.248 e. The molecule has 2 saturated heterocycles. The number of hydrogen-bond donors (Lipinski definition) is 2. The van der Waals surface area contributed by atoms with Crippen LogP contribution in [0.2, 0.25) is 0 Å². The van der Waals surface area contributed by atoms with E-state index in [1.165, 1.54) is 12.0 Å². The number of hydrogen-bond acceptors (Lipinski definition) is 6. The highest BCUT2D eigenvalue weighted by Gasteiger charge is 2.55. The lowest BCUT2D eigenvalue weighted by atomic mass is 9.78. The maximum atomic E-state index is 13.8. The average Bonchev–Trinajstić information content (AvgIpc) is 3.01. The van der Waals surface area contributed by atoms with Gasteiger partial charge in [0.25, 0.3) is 0 Å². The molecule has 3 aliphatic rings. The number of amides is 2. The molecule has 1 aliphatic carbocycles. The lowest BCUT2D eigenvalue weighted by Gasteiger charge is -2.52. The van der Waals surface area contributed by atoms with E-state index < -0.39 is 17.7 Å². The number of nitrogens with one attached hydrogen (secondary N) is 1. The van der Waals surface area contributed by atoms with Crippen molar-refractivity contribution in [1.82, 2.24) is 15.1 Å². The second kappa shape index (κ2) is 14.6. The summed E-state index contributed by atoms with van der Waals surface area (Å²) in [6.45, 7) is 4.88. The summed E-state index contributed by atoms with van der Waals surface area (Å²) in [6, 6.07) is 14.8. The number of aliphatic hydroxyl groups excluding tert-OH is 1. The molecule has 0 radical (unpaired) electrons. The topological polar surface area (TPSA) is 91.3 Å². The number of carbonyl (C=O) groups excluding carboxylic acids is 2. The first-order chi connectivity index (χ1) is 19.9. The van der Waals surface area contributed by atoms with E-state index in [0.717, 1.165) is 75.4 Å². The average molecular weight is 600 g/mol. The Labute approximate surface area is 256 Å². The Balaban J connectivity index is 0.00000405. The van der Waals surface area contributed by atoms with Gasteiger partial charge in [-0.2, -0.15) is 0 Å². The number of unbranched alkanes of at least 4 members (excludes halogenated alkanes) is 1. The van der Waals surface area contributed by atoms with E-state index in [2.05, 4.69) is 29.3 Å². The third-order valence-electron chi connectivity index (χ3n) is 9.26. The van der Waals surface area contributed by atoms with Crippen LogP contribution in [0, 0.1) is 5.92 Å². The van der Waals surface area contributed by atoms with E-state index in [0.29, 0.717) is 19.4 Å². The minimum Gasteiger partial charge on any atom is -0.497 e. The van der Waals surface area contributed by atoms with Gasteiger partial charge in [0.15, 0.2) is 0 Å². The number of rotatable bonds is 10. The van der Waals surface area contributed by atoms with Crippen LogP contribution in [0.1, 0.15) is 70.3 Å². The number of piperidine rings is 1. The monoisotopic (exact) mass is 599 g/mol. The van der Waals surface area contributed by atoms with Crippen molar-refractivity contribution in [2.24, 2.45) is 5.92 Å². The van der Waals surface area contributed by atoms with Crippen molar-refractivity contribution in [3.05, 3.63) is 54.1 Å². The number of ether oxygens (including phenoxy) is 2. The summed E-state index contributed by atoms with van der Waals surface area (Å²) in [7, 11) is 1.64. The molecule has 42 heavy (non-hydrogen) atoms. The highest BCUT2D eigenvalue weighted by molar-refractivity contribution is 6.00. The summed E-state index contributed by atoms with van der Waals surface area (Å²) in [5, 5.41) is 14.2. The van der Waals surface area contributed by atoms with Crippen LogP contribution in [0.3, 0.4) is 0 Å². The van der Waals surface area contributed by atoms with Crippen LogP contribution in [-0.2, 0) is 16.1 Å². The number of methoxy groups -OCH3 is 1. The van der Waals surface area contributed by atoms with E-state index in [-0.39, 0.29) is 30.1 Å². The van der Waals surface area contributed by atoms with Gasteiger partial charge < -0.3 is 24.8 Å². The fourth-order valence-electron chi connectivity index (χ4n) is 6.76. The molecule has 0 unspecified atom stereocenters. The minimum atomic E-state index is -0.833. The molecule has 1 spiro atoms. The predicted molar refractivity (Wildman–Crippen MR) is 165 cm³/mol. The zero-order chi connectivity index (χ0) is 28.8. The number of nitrogens with zero attached hydrogens (tertiary/aromatic N) is 2. The van der Waals surface area contributed by atoms with Gasteiger partial charge in [0.2, 0.25) is 11.8 Å². The van der Waals surface area contributed by atoms with E-state index in [1.54, 1.807) is 7.11 Å². The number of halogens is 1. The van der Waals surface area contributed by atoms with Gasteiger partial charge in [0.1, 0.15) is 28.8 Å². The second-order valence-electron chi connectivity index (χ2n) is 11.9. The summed E-state index contributed by atoms with van der Waals surface area (Å²) in [4.78, 5) is 31.7. The number of likely N-dealkylation sites (tertiary alicyclic amines) is 1. The quantitative estimate of drug-likeness (QED) is 0.384. The van der Waals surface area contributed by atoms with Crippen molar-refractivity contribution in [2.75, 3.05) is 26.7 Å². The van der Waals surface area contributed by atoms with Crippen LogP contribution in [0.4, 0.5) is 0 Å². The molecule has 2 aliphatic heterocycles. The summed E-state index contributed by atoms with van der Waals surface area (Å²) in [6.07, 6.45) is 7.34. The van der Waals surface area contributed by atoms with Crippen molar-refractivity contribution in [3.8, 4) is 17.2 Å². The van der Waals surface area contributed by atoms with Crippen molar-refractivity contribution in [3.63, 3.8) is 0 Å². The molecule has 9 heteroatoms. The van der Waals surface area contributed by atoms with Crippen LogP contribution < -0.4 is 14.8 Å². The Morgan fingerprint density at radius 2 is 1.69 bits per heavy atom. The summed E-state index contributed by atoms with van der Waals surface area (Å²) < 4.78 is 11.3. The molecule has 0 bridgehead atoms. The number of carbonyl (C=O) groups is 2. The standard InChI is InChI=1S/C33H45N3O5.ClH/c1-3-4-19-36-31(38)29(30(37)25-9-6-5-7-10-25)34-32(39)33(36)17-20-35(21-18-33)23-24-13-15-26(16-14-24)41-28-12-8-11-27(22-28)40-2;/h8,11-16,22,25,29-30,37H,3-7,9-10,17-21,23H2,1-2H3,(H,34,39);1H/t29-,30-;/m1./s1. The van der Waals surface area contributed by atoms with Gasteiger partial charge in [-0.15, -0.1) is 12.4 Å². The first-order valence-corrected chi connectivity index (χ1v) is 15.4. The minimum absolute atomic E-state index is 0. The van der Waals surface area contributed by atoms with Crippen LogP contribution in [0.5, 0.6) is 17.2 Å². The molecule has 2 atom stereocenters. The zero-order valence-electron chi connectivity index (χ0n) is 24.9. The fraction of sp³-hybridized carbons (Fsp3) is 0.576. The van der Waals surface area contributed by atoms with Crippen LogP contribution in [-0.4, -0.2) is 71.1 Å². The van der Waals surface area contributed by atoms with Gasteiger partial charge in [-0.1, -0.05) is 50.8 Å². The summed E-state index contributed by atoms with van der Waals surface area (Å²) in [5.74, 6) is 2.12. The molecule has 230 valence electrons. The molecule has 3 fully saturated rings. The molecule has 5 rings (SSSR count). The zero-order valence-corrected chi connectivity index (χ0v) is 25.7. The van der Waals surface area contributed by atoms with Crippen LogP contribution in [0.15, 0.2) is 48.5 Å². The van der Waals surface area contributed by atoms with Gasteiger partial charge in [0, 0.05) is 32.2 Å². The normalized spacial score (nSPS) is 21.9. The summed E-state index contributed by atoms with van der Waals surface area (Å²) in [5.41, 5.74) is 0.335. The lowest BCUT2D eigenvalue weighted by Crippen LogP contribution is -2.75. The second-order valence-corrected chi connectivity index (χ2v) is 11.9. The number of aliphatic hydroxyl groups is 1. The van der Waals surface area contributed by atoms with Gasteiger partial charge in [0.05, 0.1) is 13.2 Å². The van der Waals surface area contributed by atoms with Gasteiger partial charge >= 0.3 is 0 Å². The molecular formula is C33H46ClN3O5. The Kier molecular flexibility index (Phi) is 11.1. The van der Waals surface area contributed by atoms with Gasteiger partial charge in [-0.3, -0.25) is 14.5 Å². The van der Waals surface area contributed by atoms with Crippen molar-refractivity contribution in [2.45, 2.75) is 88.9 Å². The molecule has 2 heterocycles. The maximum Gasteiger partial charge on any atom is 0.248 e. The lowest BCUT2D eigenvalue weighted by molar-refractivity contribution is -0.166. The van der Waals surface area contributed by atoms with Gasteiger partial charge in [-0.05, 0) is 67.9 Å². The van der Waals surface area contributed by atoms with E-state index in [4.69, 9.17) is 9.47 Å². The molecule has 8 nitrogen and oxygen atoms in total. The molecular weight excluding hydrogens is 554 g/mol. The molecule has 2 aromatic rings. The number of piperazine rings is 1. The number of benzene rings is 2. The molecule has 2 aromatic carbocycles. The van der Waals surface area contributed by atoms with E-state index in [1.807, 2.05) is 41.3 Å². The third-order valence-corrected chi connectivity index (χ3v) is 9.26. The summed E-state index contributed by atoms with van der Waals surface area (Å²) >= 11 is 0. The van der Waals surface area contributed by atoms with Crippen molar-refractivity contribution >= 4 is 24.2 Å². The highest BCUT2D eigenvalue weighted by atomic mass is 35.5. The largest absolute Gasteiger partial charge is 0.497 e. The molecule has 1 saturated carbocycles. The Bertz CT molecular complexity index is 1180. The Morgan fingerprint density at radius 3 is 2.36 bits per heavy atom. The van der Waals surface area contributed by atoms with Crippen molar-refractivity contribution < 1.29 is 24.2 Å². The Hall–Kier alpha value is -2.81. The first kappa shape index (κ1) is 32.1. The van der Waals surface area contributed by atoms with E-state index >= 15 is 0 Å². The maximum absolute atomic E-state index is 13.8. The molecule has 2 N–H and O–H groups in total. The third kappa shape index (κ3) is 7.04. The van der Waals surface area contributed by atoms with E-state index in [9.17, 15) is 14.7 Å². The fourth-order valence-corrected chi connectivity index (χ4v) is 6.76. The van der Waals surface area contributed by atoms with Gasteiger partial charge in [-0.25, -0.2) is 0 Å².